The van der Waals surface area contributed by atoms with E-state index in [1.165, 1.54) is 0 Å². The molecule has 144 valence electrons. The van der Waals surface area contributed by atoms with Crippen LogP contribution in [0, 0.1) is 0 Å². The molecule has 7 nitrogen and oxygen atoms in total. The number of para-hydroxylation sites is 1. The van der Waals surface area contributed by atoms with Crippen LogP contribution < -0.4 is 4.90 Å². The van der Waals surface area contributed by atoms with Crippen molar-refractivity contribution in [2.45, 2.75) is 32.1 Å². The molecule has 0 saturated carbocycles. The fourth-order valence-corrected chi connectivity index (χ4v) is 3.86. The fraction of sp³-hybridized carbons (Fsp3) is 0.550. The van der Waals surface area contributed by atoms with E-state index in [1.807, 2.05) is 30.0 Å². The van der Waals surface area contributed by atoms with Crippen molar-refractivity contribution < 1.29 is 14.1 Å². The fourth-order valence-electron chi connectivity index (χ4n) is 3.86. The van der Waals surface area contributed by atoms with E-state index in [2.05, 4.69) is 16.1 Å². The highest BCUT2D eigenvalue weighted by Gasteiger charge is 2.27. The first-order chi connectivity index (χ1) is 13.3. The van der Waals surface area contributed by atoms with E-state index in [-0.39, 0.29) is 11.8 Å². The highest BCUT2D eigenvalue weighted by molar-refractivity contribution is 5.76. The summed E-state index contributed by atoms with van der Waals surface area (Å²) in [6.45, 7) is 6.64. The summed E-state index contributed by atoms with van der Waals surface area (Å²) < 4.78 is 11.1. The molecule has 7 heteroatoms. The van der Waals surface area contributed by atoms with Crippen LogP contribution in [0.5, 0.6) is 0 Å². The Hall–Kier alpha value is -2.41. The second-order valence-electron chi connectivity index (χ2n) is 7.08. The van der Waals surface area contributed by atoms with Crippen LogP contribution in [0.25, 0.3) is 11.5 Å². The van der Waals surface area contributed by atoms with Gasteiger partial charge in [0.2, 0.25) is 5.91 Å². The molecule has 0 bridgehead atoms. The molecular formula is C20H26N4O3. The van der Waals surface area contributed by atoms with Gasteiger partial charge >= 0.3 is 0 Å². The zero-order chi connectivity index (χ0) is 18.6. The van der Waals surface area contributed by atoms with E-state index in [4.69, 9.17) is 14.2 Å². The molecule has 2 saturated heterocycles. The molecule has 2 aliphatic heterocycles. The topological polar surface area (TPSA) is 71.7 Å². The minimum atomic E-state index is 0.224. The number of rotatable bonds is 4. The van der Waals surface area contributed by atoms with Gasteiger partial charge in [-0.25, -0.2) is 0 Å². The van der Waals surface area contributed by atoms with Crippen molar-refractivity contribution in [3.8, 4) is 11.5 Å². The maximum atomic E-state index is 11.8. The van der Waals surface area contributed by atoms with Gasteiger partial charge in [0.15, 0.2) is 5.82 Å². The molecule has 1 aromatic carbocycles. The van der Waals surface area contributed by atoms with Crippen LogP contribution in [-0.4, -0.2) is 60.3 Å². The van der Waals surface area contributed by atoms with E-state index in [1.54, 1.807) is 0 Å². The number of anilines is 1. The Morgan fingerprint density at radius 1 is 1.15 bits per heavy atom. The van der Waals surface area contributed by atoms with Gasteiger partial charge in [0.05, 0.1) is 18.8 Å². The third-order valence-electron chi connectivity index (χ3n) is 5.44. The molecule has 2 fully saturated rings. The Labute approximate surface area is 159 Å². The summed E-state index contributed by atoms with van der Waals surface area (Å²) in [5, 5.41) is 4.26. The van der Waals surface area contributed by atoms with Crippen LogP contribution in [-0.2, 0) is 9.53 Å². The second kappa shape index (κ2) is 8.08. The molecule has 2 aromatic rings. The van der Waals surface area contributed by atoms with Crippen LogP contribution in [0.2, 0.25) is 0 Å². The molecule has 27 heavy (non-hydrogen) atoms. The van der Waals surface area contributed by atoms with Crippen LogP contribution in [0.15, 0.2) is 28.8 Å². The lowest BCUT2D eigenvalue weighted by Crippen LogP contribution is -2.37. The van der Waals surface area contributed by atoms with Gasteiger partial charge in [-0.3, -0.25) is 4.79 Å². The standard InChI is InChI=1S/C20H26N4O3/c1-2-18(25)24-9-7-15(8-10-24)19-21-20(27-22-19)16-5-3-4-6-17(16)23-11-13-26-14-12-23/h3-6,15H,2,7-14H2,1H3. The third-order valence-corrected chi connectivity index (χ3v) is 5.44. The smallest absolute Gasteiger partial charge is 0.260 e. The molecule has 0 N–H and O–H groups in total. The van der Waals surface area contributed by atoms with Crippen molar-refractivity contribution in [2.75, 3.05) is 44.3 Å². The highest BCUT2D eigenvalue weighted by atomic mass is 16.5. The second-order valence-corrected chi connectivity index (χ2v) is 7.08. The zero-order valence-electron chi connectivity index (χ0n) is 15.8. The molecule has 1 amide bonds. The SMILES string of the molecule is CCC(=O)N1CCC(c2noc(-c3ccccc3N3CCOCC3)n2)CC1. The van der Waals surface area contributed by atoms with E-state index in [0.29, 0.717) is 12.3 Å². The number of amides is 1. The number of hydrogen-bond acceptors (Lipinski definition) is 6. The van der Waals surface area contributed by atoms with Gasteiger partial charge < -0.3 is 19.1 Å². The van der Waals surface area contributed by atoms with Crippen molar-refractivity contribution in [2.24, 2.45) is 0 Å². The summed E-state index contributed by atoms with van der Waals surface area (Å²) in [6, 6.07) is 8.16. The minimum absolute atomic E-state index is 0.224. The van der Waals surface area contributed by atoms with Crippen LogP contribution in [0.4, 0.5) is 5.69 Å². The number of ether oxygens (including phenoxy) is 1. The summed E-state index contributed by atoms with van der Waals surface area (Å²) in [7, 11) is 0. The highest BCUT2D eigenvalue weighted by Crippen LogP contribution is 2.33. The van der Waals surface area contributed by atoms with Gasteiger partial charge in [0.25, 0.3) is 5.89 Å². The van der Waals surface area contributed by atoms with E-state index < -0.39 is 0 Å². The Morgan fingerprint density at radius 2 is 1.89 bits per heavy atom. The number of carbonyl (C=O) groups excluding carboxylic acids is 1. The summed E-state index contributed by atoms with van der Waals surface area (Å²) >= 11 is 0. The predicted octanol–water partition coefficient (Wildman–Crippen LogP) is 2.69. The van der Waals surface area contributed by atoms with Gasteiger partial charge in [-0.05, 0) is 25.0 Å². The lowest BCUT2D eigenvalue weighted by Gasteiger charge is -2.30. The first kappa shape index (κ1) is 18.0. The molecule has 0 unspecified atom stereocenters. The third kappa shape index (κ3) is 3.83. The van der Waals surface area contributed by atoms with Crippen LogP contribution in [0.3, 0.4) is 0 Å². The molecular weight excluding hydrogens is 344 g/mol. The first-order valence-corrected chi connectivity index (χ1v) is 9.79. The quantitative estimate of drug-likeness (QED) is 0.824. The number of hydrogen-bond donors (Lipinski definition) is 0. The molecule has 0 aliphatic carbocycles. The number of piperidine rings is 1. The number of benzene rings is 1. The predicted molar refractivity (Wildman–Crippen MR) is 102 cm³/mol. The maximum absolute atomic E-state index is 11.8. The Bertz CT molecular complexity index is 777. The summed E-state index contributed by atoms with van der Waals surface area (Å²) in [5.41, 5.74) is 2.08. The summed E-state index contributed by atoms with van der Waals surface area (Å²) in [5.74, 6) is 1.80. The Kier molecular flexibility index (Phi) is 5.38. The average Bonchev–Trinajstić information content (AvgIpc) is 3.24. The molecule has 1 aromatic heterocycles. The van der Waals surface area contributed by atoms with Gasteiger partial charge in [-0.2, -0.15) is 4.98 Å². The number of carbonyl (C=O) groups is 1. The minimum Gasteiger partial charge on any atom is -0.378 e. The van der Waals surface area contributed by atoms with Gasteiger partial charge in [0, 0.05) is 44.2 Å². The summed E-state index contributed by atoms with van der Waals surface area (Å²) in [6.07, 6.45) is 2.33. The molecule has 0 spiro atoms. The van der Waals surface area contributed by atoms with E-state index >= 15 is 0 Å². The maximum Gasteiger partial charge on any atom is 0.260 e. The average molecular weight is 370 g/mol. The monoisotopic (exact) mass is 370 g/mol. The van der Waals surface area contributed by atoms with Crippen molar-refractivity contribution >= 4 is 11.6 Å². The Balaban J connectivity index is 1.50. The van der Waals surface area contributed by atoms with Crippen molar-refractivity contribution in [1.29, 1.82) is 0 Å². The summed E-state index contributed by atoms with van der Waals surface area (Å²) in [4.78, 5) is 20.8. The normalized spacial score (nSPS) is 18.7. The van der Waals surface area contributed by atoms with Crippen molar-refractivity contribution in [1.82, 2.24) is 15.0 Å². The van der Waals surface area contributed by atoms with Crippen molar-refractivity contribution in [3.63, 3.8) is 0 Å². The van der Waals surface area contributed by atoms with Gasteiger partial charge in [-0.15, -0.1) is 0 Å². The number of aromatic nitrogens is 2. The Morgan fingerprint density at radius 3 is 2.63 bits per heavy atom. The lowest BCUT2D eigenvalue weighted by atomic mass is 9.96. The molecule has 0 radical (unpaired) electrons. The van der Waals surface area contributed by atoms with Crippen molar-refractivity contribution in [3.05, 3.63) is 30.1 Å². The molecule has 3 heterocycles. The van der Waals surface area contributed by atoms with Crippen LogP contribution >= 0.6 is 0 Å². The van der Waals surface area contributed by atoms with E-state index in [0.717, 1.165) is 69.3 Å². The zero-order valence-corrected chi connectivity index (χ0v) is 15.8. The first-order valence-electron chi connectivity index (χ1n) is 9.79. The van der Waals surface area contributed by atoms with Gasteiger partial charge in [0.1, 0.15) is 0 Å². The molecule has 4 rings (SSSR count). The largest absolute Gasteiger partial charge is 0.378 e. The van der Waals surface area contributed by atoms with Gasteiger partial charge in [-0.1, -0.05) is 24.2 Å². The van der Waals surface area contributed by atoms with E-state index in [9.17, 15) is 4.79 Å². The molecule has 2 aliphatic rings. The molecule has 0 atom stereocenters. The number of morpholine rings is 1. The van der Waals surface area contributed by atoms with Crippen LogP contribution in [0.1, 0.15) is 37.9 Å². The number of likely N-dealkylation sites (tertiary alicyclic amines) is 1. The lowest BCUT2D eigenvalue weighted by molar-refractivity contribution is -0.131. The number of nitrogens with zero attached hydrogens (tertiary/aromatic N) is 4.